The lowest BCUT2D eigenvalue weighted by Gasteiger charge is -2.37. The van der Waals surface area contributed by atoms with Gasteiger partial charge in [-0.2, -0.15) is 0 Å². The fraction of sp³-hybridized carbons (Fsp3) is 0.438. The number of carbonyl (C=O) groups is 10. The summed E-state index contributed by atoms with van der Waals surface area (Å²) in [5.74, 6) is -3.75. The van der Waals surface area contributed by atoms with Gasteiger partial charge in [-0.15, -0.1) is 0 Å². The van der Waals surface area contributed by atoms with Gasteiger partial charge < -0.3 is 55.6 Å². The number of aldehydes is 1. The smallest absolute Gasteiger partial charge is 0.408 e. The van der Waals surface area contributed by atoms with Gasteiger partial charge in [-0.05, 0) is 87.5 Å². The summed E-state index contributed by atoms with van der Waals surface area (Å²) < 4.78 is 26.1. The van der Waals surface area contributed by atoms with Crippen LogP contribution in [0, 0.1) is 17.8 Å². The lowest BCUT2D eigenvalue weighted by Crippen LogP contribution is -2.56. The van der Waals surface area contributed by atoms with Crippen molar-refractivity contribution in [3.8, 4) is 0 Å². The molecule has 1 aliphatic rings. The summed E-state index contributed by atoms with van der Waals surface area (Å²) >= 11 is 0. The summed E-state index contributed by atoms with van der Waals surface area (Å²) in [6.45, 7) is 16.0. The zero-order chi connectivity index (χ0) is 62.5. The van der Waals surface area contributed by atoms with Crippen LogP contribution in [-0.4, -0.2) is 103 Å². The number of alkyl carbamates (subject to hydrolysis) is 2. The first-order chi connectivity index (χ1) is 40.7. The highest BCUT2D eigenvalue weighted by atomic mass is 16.6. The molecule has 460 valence electrons. The Kier molecular flexibility index (Phi) is 32.8. The van der Waals surface area contributed by atoms with Gasteiger partial charge in [0.15, 0.2) is 6.10 Å². The third-order valence-corrected chi connectivity index (χ3v) is 13.2. The molecule has 0 spiro atoms. The first-order valence-electron chi connectivity index (χ1n) is 28.6. The van der Waals surface area contributed by atoms with E-state index in [4.69, 9.17) is 23.7 Å². The minimum atomic E-state index is -1.03. The molecule has 4 aromatic rings. The number of nitrogens with one attached hydrogen (secondary N) is 6. The third-order valence-electron chi connectivity index (χ3n) is 13.2. The van der Waals surface area contributed by atoms with Gasteiger partial charge in [0.2, 0.25) is 18.1 Å². The Morgan fingerprint density at radius 1 is 0.529 bits per heavy atom. The summed E-state index contributed by atoms with van der Waals surface area (Å²) in [6, 6.07) is 32.3. The molecule has 0 saturated carbocycles. The van der Waals surface area contributed by atoms with E-state index in [-0.39, 0.29) is 76.4 Å². The van der Waals surface area contributed by atoms with E-state index < -0.39 is 78.0 Å². The van der Waals surface area contributed by atoms with Gasteiger partial charge in [0.25, 0.3) is 11.8 Å². The van der Waals surface area contributed by atoms with Gasteiger partial charge in [-0.1, -0.05) is 174 Å². The molecule has 1 heterocycles. The quantitative estimate of drug-likeness (QED) is 0.00730. The van der Waals surface area contributed by atoms with Gasteiger partial charge in [0, 0.05) is 13.1 Å². The molecule has 0 bridgehead atoms. The molecule has 6 amide bonds. The van der Waals surface area contributed by atoms with Crippen molar-refractivity contribution in [1.82, 2.24) is 31.9 Å². The van der Waals surface area contributed by atoms with Crippen molar-refractivity contribution in [2.45, 2.75) is 151 Å². The number of benzene rings is 4. The fourth-order valence-corrected chi connectivity index (χ4v) is 7.96. The summed E-state index contributed by atoms with van der Waals surface area (Å²) in [7, 11) is 0. The van der Waals surface area contributed by atoms with Crippen molar-refractivity contribution in [3.05, 3.63) is 155 Å². The van der Waals surface area contributed by atoms with Gasteiger partial charge >= 0.3 is 30.1 Å². The molecule has 0 aliphatic carbocycles. The molecule has 0 aromatic heterocycles. The van der Waals surface area contributed by atoms with Gasteiger partial charge in [-0.25, -0.2) is 19.2 Å². The van der Waals surface area contributed by atoms with E-state index in [1.807, 2.05) is 98.8 Å². The van der Waals surface area contributed by atoms with Gasteiger partial charge in [-0.3, -0.25) is 28.8 Å². The molecule has 6 N–H and O–H groups in total. The average molecular weight is 1180 g/mol. The van der Waals surface area contributed by atoms with Crippen molar-refractivity contribution in [3.63, 3.8) is 0 Å². The minimum absolute atomic E-state index is 0.0203. The van der Waals surface area contributed by atoms with Crippen LogP contribution in [0.25, 0.3) is 0 Å². The summed E-state index contributed by atoms with van der Waals surface area (Å²) in [4.78, 5) is 121. The molecule has 1 fully saturated rings. The van der Waals surface area contributed by atoms with E-state index in [0.717, 1.165) is 34.6 Å². The van der Waals surface area contributed by atoms with E-state index in [1.165, 1.54) is 25.8 Å². The normalized spacial score (nSPS) is 14.9. The number of cyclic esters (lactones) is 1. The van der Waals surface area contributed by atoms with Crippen LogP contribution in [0.2, 0.25) is 0 Å². The Hall–Kier alpha value is -8.88. The number of allylic oxidation sites excluding steroid dienone is 2. The molecule has 0 radical (unpaired) electrons. The first kappa shape index (κ1) is 70.4. The number of ether oxygens (including phenoxy) is 5. The number of carbonyl (C=O) groups excluding carboxylic acids is 10. The Morgan fingerprint density at radius 2 is 0.906 bits per heavy atom. The van der Waals surface area contributed by atoms with Crippen LogP contribution >= 0.6 is 0 Å². The van der Waals surface area contributed by atoms with Gasteiger partial charge in [0.05, 0.1) is 0 Å². The molecule has 85 heavy (non-hydrogen) atoms. The molecule has 21 nitrogen and oxygen atoms in total. The largest absolute Gasteiger partial charge is 0.459 e. The van der Waals surface area contributed by atoms with Crippen molar-refractivity contribution >= 4 is 60.0 Å². The number of rotatable bonds is 30. The second-order valence-corrected chi connectivity index (χ2v) is 20.5. The van der Waals surface area contributed by atoms with E-state index in [9.17, 15) is 47.9 Å². The standard InChI is InChI=1S/C31H39N3O8.C25H29N3O7.C8H16/c1-4-20(2)25-26(42-30(25)38)28(36)32-17-11-16-24(29(37)40-18-22-12-7-5-8-13-22)34-27(35)21(3)33-31(39)41-19-23-14-9-6-10-15-23;1-18(27-25(33)35-17-20-11-6-3-7-12-20)23(31)28-21(13-8-14-26-22(30)15-29)24(32)34-16-19-9-4-2-5-10-19;1-5-8(4)6-7(2)3/h5-10,12-15,20-21,24-26H,4,11,16-19H2,1-3H3,(H,32,36)(H,33,39)(H,34,35);2-7,9-12,15,18,21H,8,13-14,16-17H2,1H3,(H,26,30)(H,27,33)(H,28,31);6,8H,5H2,1-4H3/t20-,21-,24-,25?,26?;18-,21-;8-/m000/s1. The van der Waals surface area contributed by atoms with Crippen LogP contribution in [0.3, 0.4) is 0 Å². The van der Waals surface area contributed by atoms with E-state index >= 15 is 0 Å². The topological polar surface area (TPSA) is 289 Å². The molecule has 2 unspecified atom stereocenters. The molecule has 21 heteroatoms. The van der Waals surface area contributed by atoms with E-state index in [0.29, 0.717) is 12.8 Å². The molecular formula is C64H84N6O15. The Morgan fingerprint density at radius 3 is 1.24 bits per heavy atom. The highest BCUT2D eigenvalue weighted by molar-refractivity contribution is 6.23. The third kappa shape index (κ3) is 28.3. The van der Waals surface area contributed by atoms with Crippen molar-refractivity contribution in [2.24, 2.45) is 17.8 Å². The van der Waals surface area contributed by atoms with Crippen LogP contribution in [-0.2, 0) is 88.5 Å². The van der Waals surface area contributed by atoms with Crippen LogP contribution < -0.4 is 31.9 Å². The Balaban J connectivity index is 0.000000399. The number of amides is 6. The monoisotopic (exact) mass is 1180 g/mol. The van der Waals surface area contributed by atoms with E-state index in [2.05, 4.69) is 65.7 Å². The Labute approximate surface area is 498 Å². The zero-order valence-corrected chi connectivity index (χ0v) is 49.9. The molecule has 1 saturated heterocycles. The maximum atomic E-state index is 12.9. The lowest BCUT2D eigenvalue weighted by molar-refractivity contribution is -0.193. The highest BCUT2D eigenvalue weighted by Crippen LogP contribution is 2.31. The Bertz CT molecular complexity index is 2750. The first-order valence-corrected chi connectivity index (χ1v) is 28.6. The maximum absolute atomic E-state index is 12.9. The minimum Gasteiger partial charge on any atom is -0.459 e. The maximum Gasteiger partial charge on any atom is 0.408 e. The average Bonchev–Trinajstić information content (AvgIpc) is 3.63. The molecular weight excluding hydrogens is 1090 g/mol. The van der Waals surface area contributed by atoms with Crippen molar-refractivity contribution in [1.29, 1.82) is 0 Å². The summed E-state index contributed by atoms with van der Waals surface area (Å²) in [5.41, 5.74) is 4.58. The SMILES string of the molecule is CC[C@H](C)C1C(=O)OC1C(=O)NCCC[C@H](NC(=O)[C@H](C)NC(=O)OCc1ccccc1)C(=O)OCc1ccccc1.CC[C@H](C)C=C(C)C.C[C@H](NC(=O)OCc1ccccc1)C(=O)N[C@@H](CCCNC(=O)C=O)C(=O)OCc1ccccc1. The predicted octanol–water partition coefficient (Wildman–Crippen LogP) is 7.64. The molecule has 1 aliphatic heterocycles. The number of hydrogen-bond donors (Lipinski definition) is 6. The molecule has 8 atom stereocenters. The van der Waals surface area contributed by atoms with Crippen LogP contribution in [0.1, 0.15) is 116 Å². The summed E-state index contributed by atoms with van der Waals surface area (Å²) in [5, 5.41) is 15.2. The van der Waals surface area contributed by atoms with E-state index in [1.54, 1.807) is 36.4 Å². The predicted molar refractivity (Wildman–Crippen MR) is 317 cm³/mol. The van der Waals surface area contributed by atoms with Crippen molar-refractivity contribution in [2.75, 3.05) is 13.1 Å². The fourth-order valence-electron chi connectivity index (χ4n) is 7.96. The van der Waals surface area contributed by atoms with Crippen LogP contribution in [0.4, 0.5) is 9.59 Å². The van der Waals surface area contributed by atoms with Crippen LogP contribution in [0.5, 0.6) is 0 Å². The molecule has 4 aromatic carbocycles. The number of hydrogen-bond acceptors (Lipinski definition) is 15. The molecule has 5 rings (SSSR count). The number of esters is 3. The second-order valence-electron chi connectivity index (χ2n) is 20.5. The lowest BCUT2D eigenvalue weighted by atomic mass is 9.83. The van der Waals surface area contributed by atoms with Crippen molar-refractivity contribution < 1.29 is 71.6 Å². The second kappa shape index (κ2) is 39.6. The van der Waals surface area contributed by atoms with Crippen LogP contribution in [0.15, 0.2) is 133 Å². The summed E-state index contributed by atoms with van der Waals surface area (Å²) in [6.07, 6.45) is 2.99. The zero-order valence-electron chi connectivity index (χ0n) is 49.9. The van der Waals surface area contributed by atoms with Gasteiger partial charge in [0.1, 0.15) is 56.5 Å². The highest BCUT2D eigenvalue weighted by Gasteiger charge is 2.49.